The van der Waals surface area contributed by atoms with Gasteiger partial charge in [-0.1, -0.05) is 0 Å². The smallest absolute Gasteiger partial charge is 0.259 e. The van der Waals surface area contributed by atoms with Gasteiger partial charge >= 0.3 is 0 Å². The van der Waals surface area contributed by atoms with Crippen molar-refractivity contribution in [3.63, 3.8) is 0 Å². The van der Waals surface area contributed by atoms with Crippen LogP contribution in [-0.2, 0) is 9.59 Å². The first-order valence-corrected chi connectivity index (χ1v) is 5.00. The van der Waals surface area contributed by atoms with Gasteiger partial charge in [0.1, 0.15) is 5.58 Å². The maximum atomic E-state index is 13.5. The zero-order valence-corrected chi connectivity index (χ0v) is 8.79. The molecule has 0 bridgehead atoms. The number of benzene rings is 1. The minimum absolute atomic E-state index is 0.0324. The lowest BCUT2D eigenvalue weighted by Gasteiger charge is -2.03. The number of furan rings is 1. The number of imide groups is 1. The molecule has 2 heterocycles. The third kappa shape index (κ3) is 1.35. The van der Waals surface area contributed by atoms with E-state index in [9.17, 15) is 18.4 Å². The minimum Gasteiger partial charge on any atom is -0.464 e. The molecular weight excluding hydrogens is 244 g/mol. The molecule has 0 fully saturated rings. The molecule has 1 aromatic heterocycles. The van der Waals surface area contributed by atoms with Crippen molar-refractivity contribution in [1.82, 2.24) is 5.32 Å². The maximum Gasteiger partial charge on any atom is 0.259 e. The van der Waals surface area contributed by atoms with Gasteiger partial charge in [0.05, 0.1) is 17.2 Å². The second-order valence-electron chi connectivity index (χ2n) is 3.76. The van der Waals surface area contributed by atoms with Crippen molar-refractivity contribution in [2.24, 2.45) is 0 Å². The third-order valence-corrected chi connectivity index (χ3v) is 2.67. The second-order valence-corrected chi connectivity index (χ2v) is 3.76. The quantitative estimate of drug-likeness (QED) is 0.783. The van der Waals surface area contributed by atoms with Crippen LogP contribution in [0.3, 0.4) is 0 Å². The SMILES string of the molecule is O=C1C=C(c2cc(F)c(F)c3ccoc23)C(=O)N1. The molecule has 0 saturated carbocycles. The summed E-state index contributed by atoms with van der Waals surface area (Å²) in [6.07, 6.45) is 2.21. The number of carbonyl (C=O) groups is 2. The van der Waals surface area contributed by atoms with E-state index in [4.69, 9.17) is 4.42 Å². The lowest BCUT2D eigenvalue weighted by Crippen LogP contribution is -2.21. The molecule has 90 valence electrons. The van der Waals surface area contributed by atoms with Gasteiger partial charge in [0.2, 0.25) is 0 Å². The van der Waals surface area contributed by atoms with Gasteiger partial charge in [-0.2, -0.15) is 0 Å². The van der Waals surface area contributed by atoms with E-state index in [1.165, 1.54) is 12.3 Å². The molecule has 6 heteroatoms. The summed E-state index contributed by atoms with van der Waals surface area (Å²) in [4.78, 5) is 22.5. The van der Waals surface area contributed by atoms with Gasteiger partial charge < -0.3 is 4.42 Å². The van der Waals surface area contributed by atoms with Crippen molar-refractivity contribution >= 4 is 28.4 Å². The molecule has 0 spiro atoms. The fraction of sp³-hybridized carbons (Fsp3) is 0. The predicted molar refractivity (Wildman–Crippen MR) is 57.3 cm³/mol. The van der Waals surface area contributed by atoms with Gasteiger partial charge in [-0.3, -0.25) is 14.9 Å². The molecular formula is C12H5F2NO3. The van der Waals surface area contributed by atoms with Crippen molar-refractivity contribution in [3.05, 3.63) is 41.7 Å². The fourth-order valence-corrected chi connectivity index (χ4v) is 1.89. The monoisotopic (exact) mass is 249 g/mol. The highest BCUT2D eigenvalue weighted by Gasteiger charge is 2.26. The van der Waals surface area contributed by atoms with E-state index in [-0.39, 0.29) is 22.1 Å². The van der Waals surface area contributed by atoms with Gasteiger partial charge in [-0.15, -0.1) is 0 Å². The van der Waals surface area contributed by atoms with E-state index in [1.54, 1.807) is 0 Å². The Labute approximate surface area is 98.9 Å². The molecule has 4 nitrogen and oxygen atoms in total. The van der Waals surface area contributed by atoms with Crippen LogP contribution in [-0.4, -0.2) is 11.8 Å². The molecule has 0 aliphatic carbocycles. The summed E-state index contributed by atoms with van der Waals surface area (Å²) in [6.45, 7) is 0. The third-order valence-electron chi connectivity index (χ3n) is 2.67. The van der Waals surface area contributed by atoms with E-state index in [1.807, 2.05) is 5.32 Å². The van der Waals surface area contributed by atoms with Crippen molar-refractivity contribution in [3.8, 4) is 0 Å². The summed E-state index contributed by atoms with van der Waals surface area (Å²) in [6, 6.07) is 2.09. The van der Waals surface area contributed by atoms with Crippen LogP contribution in [0.4, 0.5) is 8.78 Å². The zero-order chi connectivity index (χ0) is 12.9. The average Bonchev–Trinajstić information content (AvgIpc) is 2.91. The Kier molecular flexibility index (Phi) is 2.07. The van der Waals surface area contributed by atoms with Crippen LogP contribution in [0.15, 0.2) is 28.9 Å². The maximum absolute atomic E-state index is 13.5. The largest absolute Gasteiger partial charge is 0.464 e. The first kappa shape index (κ1) is 10.6. The van der Waals surface area contributed by atoms with E-state index in [0.717, 1.165) is 12.1 Å². The summed E-state index contributed by atoms with van der Waals surface area (Å²) >= 11 is 0. The van der Waals surface area contributed by atoms with Crippen LogP contribution in [0.5, 0.6) is 0 Å². The van der Waals surface area contributed by atoms with Crippen LogP contribution in [0, 0.1) is 11.6 Å². The topological polar surface area (TPSA) is 59.3 Å². The number of halogens is 2. The number of nitrogens with one attached hydrogen (secondary N) is 1. The molecule has 1 aromatic carbocycles. The lowest BCUT2D eigenvalue weighted by molar-refractivity contribution is -0.123. The number of carbonyl (C=O) groups excluding carboxylic acids is 2. The molecule has 1 N–H and O–H groups in total. The van der Waals surface area contributed by atoms with Crippen LogP contribution in [0.1, 0.15) is 5.56 Å². The molecule has 2 amide bonds. The van der Waals surface area contributed by atoms with Gasteiger partial charge in [0, 0.05) is 11.6 Å². The molecule has 3 rings (SSSR count). The standard InChI is InChI=1S/C12H5F2NO3/c13-8-3-6(7-4-9(16)15-12(7)17)11-5(10(8)14)1-2-18-11/h1-4H,(H,15,16,17). The van der Waals surface area contributed by atoms with Gasteiger partial charge in [0.25, 0.3) is 11.8 Å². The summed E-state index contributed by atoms with van der Waals surface area (Å²) < 4.78 is 31.9. The molecule has 2 aromatic rings. The highest BCUT2D eigenvalue weighted by molar-refractivity contribution is 6.34. The van der Waals surface area contributed by atoms with Crippen LogP contribution < -0.4 is 5.32 Å². The minimum atomic E-state index is -1.10. The van der Waals surface area contributed by atoms with E-state index < -0.39 is 23.4 Å². The number of hydrogen-bond acceptors (Lipinski definition) is 3. The molecule has 0 unspecified atom stereocenters. The Morgan fingerprint density at radius 1 is 1.22 bits per heavy atom. The number of fused-ring (bicyclic) bond motifs is 1. The van der Waals surface area contributed by atoms with E-state index in [2.05, 4.69) is 0 Å². The summed E-state index contributed by atoms with van der Waals surface area (Å²) in [7, 11) is 0. The highest BCUT2D eigenvalue weighted by Crippen LogP contribution is 2.31. The summed E-state index contributed by atoms with van der Waals surface area (Å²) in [5.74, 6) is -3.41. The first-order valence-electron chi connectivity index (χ1n) is 5.00. The van der Waals surface area contributed by atoms with Crippen LogP contribution >= 0.6 is 0 Å². The molecule has 1 aliphatic heterocycles. The van der Waals surface area contributed by atoms with E-state index >= 15 is 0 Å². The van der Waals surface area contributed by atoms with Crippen LogP contribution in [0.2, 0.25) is 0 Å². The molecule has 1 aliphatic rings. The van der Waals surface area contributed by atoms with Crippen molar-refractivity contribution in [2.75, 3.05) is 0 Å². The Morgan fingerprint density at radius 2 is 2.00 bits per heavy atom. The molecule has 0 radical (unpaired) electrons. The molecule has 0 atom stereocenters. The Morgan fingerprint density at radius 3 is 2.67 bits per heavy atom. The number of hydrogen-bond donors (Lipinski definition) is 1. The summed E-state index contributed by atoms with van der Waals surface area (Å²) in [5, 5.41) is 1.96. The van der Waals surface area contributed by atoms with Crippen molar-refractivity contribution in [2.45, 2.75) is 0 Å². The fourth-order valence-electron chi connectivity index (χ4n) is 1.89. The summed E-state index contributed by atoms with van der Waals surface area (Å²) in [5.41, 5.74) is 0.0427. The first-order chi connectivity index (χ1) is 8.58. The zero-order valence-electron chi connectivity index (χ0n) is 8.79. The van der Waals surface area contributed by atoms with Gasteiger partial charge in [-0.25, -0.2) is 8.78 Å². The molecule has 0 saturated heterocycles. The van der Waals surface area contributed by atoms with Crippen molar-refractivity contribution in [1.29, 1.82) is 0 Å². The molecule has 18 heavy (non-hydrogen) atoms. The lowest BCUT2D eigenvalue weighted by atomic mass is 10.0. The number of rotatable bonds is 1. The normalized spacial score (nSPS) is 15.1. The second kappa shape index (κ2) is 3.49. The Hall–Kier alpha value is -2.50. The van der Waals surface area contributed by atoms with Gasteiger partial charge in [0.15, 0.2) is 11.6 Å². The highest BCUT2D eigenvalue weighted by atomic mass is 19.2. The predicted octanol–water partition coefficient (Wildman–Crippen LogP) is 1.75. The van der Waals surface area contributed by atoms with Crippen LogP contribution in [0.25, 0.3) is 16.5 Å². The Bertz CT molecular complexity index is 730. The van der Waals surface area contributed by atoms with E-state index in [0.29, 0.717) is 0 Å². The average molecular weight is 249 g/mol. The number of amides is 2. The Balaban J connectivity index is 2.33. The van der Waals surface area contributed by atoms with Gasteiger partial charge in [-0.05, 0) is 12.1 Å². The van der Waals surface area contributed by atoms with Crippen molar-refractivity contribution < 1.29 is 22.8 Å².